The van der Waals surface area contributed by atoms with E-state index >= 15 is 0 Å². The Bertz CT molecular complexity index is 917. The van der Waals surface area contributed by atoms with Crippen LogP contribution in [0.3, 0.4) is 0 Å². The van der Waals surface area contributed by atoms with Crippen molar-refractivity contribution in [1.29, 1.82) is 0 Å². The van der Waals surface area contributed by atoms with Crippen molar-refractivity contribution >= 4 is 21.9 Å². The SMILES string of the molecule is COc1ccnc(NNC(=O)[C@@H]2CCCN2S(=O)(=O)c2ccc(C)cc2)n1. The molecule has 0 aliphatic carbocycles. The maximum Gasteiger partial charge on any atom is 0.256 e. The molecule has 1 saturated heterocycles. The van der Waals surface area contributed by atoms with Gasteiger partial charge in [0, 0.05) is 18.8 Å². The lowest BCUT2D eigenvalue weighted by molar-refractivity contribution is -0.123. The molecule has 1 aromatic heterocycles. The number of aromatic nitrogens is 2. The van der Waals surface area contributed by atoms with E-state index in [1.54, 1.807) is 30.3 Å². The number of carbonyl (C=O) groups excluding carboxylic acids is 1. The number of rotatable bonds is 6. The number of amides is 1. The van der Waals surface area contributed by atoms with Crippen molar-refractivity contribution in [2.24, 2.45) is 0 Å². The van der Waals surface area contributed by atoms with Crippen LogP contribution in [0, 0.1) is 6.92 Å². The van der Waals surface area contributed by atoms with E-state index in [2.05, 4.69) is 20.8 Å². The number of hydrazine groups is 1. The van der Waals surface area contributed by atoms with Gasteiger partial charge in [-0.1, -0.05) is 17.7 Å². The Morgan fingerprint density at radius 2 is 2.00 bits per heavy atom. The molecule has 0 bridgehead atoms. The first-order chi connectivity index (χ1) is 12.9. The Balaban J connectivity index is 1.71. The van der Waals surface area contributed by atoms with Gasteiger partial charge in [-0.05, 0) is 31.9 Å². The summed E-state index contributed by atoms with van der Waals surface area (Å²) in [6.45, 7) is 2.18. The summed E-state index contributed by atoms with van der Waals surface area (Å²) in [6, 6.07) is 7.36. The number of anilines is 1. The molecule has 1 fully saturated rings. The van der Waals surface area contributed by atoms with Crippen molar-refractivity contribution < 1.29 is 17.9 Å². The van der Waals surface area contributed by atoms with E-state index in [0.29, 0.717) is 25.3 Å². The Labute approximate surface area is 157 Å². The fraction of sp³-hybridized carbons (Fsp3) is 0.353. The largest absolute Gasteiger partial charge is 0.481 e. The molecule has 0 radical (unpaired) electrons. The summed E-state index contributed by atoms with van der Waals surface area (Å²) in [5.74, 6) is 0.0226. The van der Waals surface area contributed by atoms with Crippen LogP contribution in [0.5, 0.6) is 5.88 Å². The van der Waals surface area contributed by atoms with Crippen molar-refractivity contribution in [3.63, 3.8) is 0 Å². The van der Waals surface area contributed by atoms with E-state index in [1.807, 2.05) is 6.92 Å². The molecule has 144 valence electrons. The van der Waals surface area contributed by atoms with Crippen LogP contribution in [-0.4, -0.2) is 48.3 Å². The van der Waals surface area contributed by atoms with Crippen LogP contribution in [-0.2, 0) is 14.8 Å². The molecule has 2 heterocycles. The molecule has 0 spiro atoms. The molecule has 1 amide bonds. The van der Waals surface area contributed by atoms with Crippen LogP contribution >= 0.6 is 0 Å². The van der Waals surface area contributed by atoms with E-state index in [-0.39, 0.29) is 10.8 Å². The molecule has 1 aliphatic rings. The van der Waals surface area contributed by atoms with E-state index in [4.69, 9.17) is 4.74 Å². The van der Waals surface area contributed by atoms with E-state index in [1.165, 1.54) is 17.6 Å². The highest BCUT2D eigenvalue weighted by molar-refractivity contribution is 7.89. The zero-order valence-electron chi connectivity index (χ0n) is 15.0. The number of benzene rings is 1. The quantitative estimate of drug-likeness (QED) is 0.709. The minimum absolute atomic E-state index is 0.147. The van der Waals surface area contributed by atoms with Crippen LogP contribution in [0.25, 0.3) is 0 Å². The lowest BCUT2D eigenvalue weighted by Crippen LogP contribution is -2.47. The number of aryl methyl sites for hydroxylation is 1. The van der Waals surface area contributed by atoms with Crippen LogP contribution in [0.2, 0.25) is 0 Å². The predicted molar refractivity (Wildman–Crippen MR) is 98.4 cm³/mol. The minimum Gasteiger partial charge on any atom is -0.481 e. The molecule has 3 rings (SSSR count). The molecule has 1 atom stereocenters. The summed E-state index contributed by atoms with van der Waals surface area (Å²) in [7, 11) is -2.28. The van der Waals surface area contributed by atoms with Gasteiger partial charge in [0.2, 0.25) is 21.9 Å². The van der Waals surface area contributed by atoms with E-state index in [0.717, 1.165) is 5.56 Å². The van der Waals surface area contributed by atoms with Crippen molar-refractivity contribution in [2.45, 2.75) is 30.7 Å². The number of carbonyl (C=O) groups is 1. The van der Waals surface area contributed by atoms with Crippen LogP contribution in [0.1, 0.15) is 18.4 Å². The zero-order chi connectivity index (χ0) is 19.4. The number of methoxy groups -OCH3 is 1. The number of sulfonamides is 1. The maximum atomic E-state index is 12.9. The zero-order valence-corrected chi connectivity index (χ0v) is 15.9. The van der Waals surface area contributed by atoms with Gasteiger partial charge in [-0.25, -0.2) is 13.4 Å². The summed E-state index contributed by atoms with van der Waals surface area (Å²) in [6.07, 6.45) is 2.53. The van der Waals surface area contributed by atoms with Gasteiger partial charge in [-0.15, -0.1) is 0 Å². The molecule has 2 aromatic rings. The van der Waals surface area contributed by atoms with E-state index in [9.17, 15) is 13.2 Å². The Hall–Kier alpha value is -2.72. The third-order valence-corrected chi connectivity index (χ3v) is 6.19. The summed E-state index contributed by atoms with van der Waals surface area (Å²) in [4.78, 5) is 20.7. The molecular formula is C17H21N5O4S. The predicted octanol–water partition coefficient (Wildman–Crippen LogP) is 1.09. The molecule has 27 heavy (non-hydrogen) atoms. The second-order valence-corrected chi connectivity index (χ2v) is 8.01. The van der Waals surface area contributed by atoms with Gasteiger partial charge >= 0.3 is 0 Å². The van der Waals surface area contributed by atoms with Gasteiger partial charge in [0.1, 0.15) is 6.04 Å². The highest BCUT2D eigenvalue weighted by Gasteiger charge is 2.39. The summed E-state index contributed by atoms with van der Waals surface area (Å²) in [5.41, 5.74) is 6.04. The lowest BCUT2D eigenvalue weighted by Gasteiger charge is -2.23. The highest BCUT2D eigenvalue weighted by atomic mass is 32.2. The number of nitrogens with zero attached hydrogens (tertiary/aromatic N) is 3. The molecule has 9 nitrogen and oxygen atoms in total. The first-order valence-electron chi connectivity index (χ1n) is 8.43. The number of hydrogen-bond acceptors (Lipinski definition) is 7. The topological polar surface area (TPSA) is 114 Å². The summed E-state index contributed by atoms with van der Waals surface area (Å²) >= 11 is 0. The lowest BCUT2D eigenvalue weighted by atomic mass is 10.2. The third-order valence-electron chi connectivity index (χ3n) is 4.27. The first kappa shape index (κ1) is 19.1. The molecule has 0 unspecified atom stereocenters. The highest BCUT2D eigenvalue weighted by Crippen LogP contribution is 2.26. The molecular weight excluding hydrogens is 370 g/mol. The number of hydrogen-bond donors (Lipinski definition) is 2. The first-order valence-corrected chi connectivity index (χ1v) is 9.87. The summed E-state index contributed by atoms with van der Waals surface area (Å²) < 4.78 is 32.0. The van der Waals surface area contributed by atoms with Crippen LogP contribution in [0.15, 0.2) is 41.4 Å². The van der Waals surface area contributed by atoms with Gasteiger partial charge < -0.3 is 4.74 Å². The Morgan fingerprint density at radius 3 is 2.70 bits per heavy atom. The number of nitrogens with one attached hydrogen (secondary N) is 2. The maximum absolute atomic E-state index is 12.9. The van der Waals surface area contributed by atoms with Gasteiger partial charge in [-0.3, -0.25) is 15.6 Å². The molecule has 1 aromatic carbocycles. The van der Waals surface area contributed by atoms with Crippen LogP contribution in [0.4, 0.5) is 5.95 Å². The van der Waals surface area contributed by atoms with Crippen molar-refractivity contribution in [3.8, 4) is 5.88 Å². The second-order valence-electron chi connectivity index (χ2n) is 6.12. The normalized spacial score (nSPS) is 17.5. The van der Waals surface area contributed by atoms with Gasteiger partial charge in [0.25, 0.3) is 5.91 Å². The monoisotopic (exact) mass is 391 g/mol. The smallest absolute Gasteiger partial charge is 0.256 e. The fourth-order valence-corrected chi connectivity index (χ4v) is 4.51. The van der Waals surface area contributed by atoms with E-state index < -0.39 is 22.0 Å². The minimum atomic E-state index is -3.75. The number of ether oxygens (including phenoxy) is 1. The molecule has 0 saturated carbocycles. The molecule has 10 heteroatoms. The van der Waals surface area contributed by atoms with Crippen molar-refractivity contribution in [2.75, 3.05) is 19.1 Å². The molecule has 2 N–H and O–H groups in total. The summed E-state index contributed by atoms with van der Waals surface area (Å²) in [5, 5.41) is 0. The van der Waals surface area contributed by atoms with Gasteiger partial charge in [0.05, 0.1) is 12.0 Å². The second kappa shape index (κ2) is 7.89. The fourth-order valence-electron chi connectivity index (χ4n) is 2.85. The third kappa shape index (κ3) is 4.17. The Morgan fingerprint density at radius 1 is 1.26 bits per heavy atom. The van der Waals surface area contributed by atoms with Crippen molar-refractivity contribution in [1.82, 2.24) is 19.7 Å². The van der Waals surface area contributed by atoms with Crippen LogP contribution < -0.4 is 15.6 Å². The average molecular weight is 391 g/mol. The van der Waals surface area contributed by atoms with Gasteiger partial charge in [-0.2, -0.15) is 9.29 Å². The van der Waals surface area contributed by atoms with Crippen molar-refractivity contribution in [3.05, 3.63) is 42.1 Å². The standard InChI is InChI=1S/C17H21N5O4S/c1-12-5-7-13(8-6-12)27(24,25)22-11-3-4-14(22)16(23)20-21-17-18-10-9-15(19-17)26-2/h5-10,14H,3-4,11H2,1-2H3,(H,20,23)(H,18,19,21)/t14-/m0/s1. The Kier molecular flexibility index (Phi) is 5.57. The average Bonchev–Trinajstić information content (AvgIpc) is 3.17. The van der Waals surface area contributed by atoms with Gasteiger partial charge in [0.15, 0.2) is 0 Å². The molecule has 1 aliphatic heterocycles.